The summed E-state index contributed by atoms with van der Waals surface area (Å²) in [5, 5.41) is 23.7. The predicted octanol–water partition coefficient (Wildman–Crippen LogP) is 5.67. The lowest BCUT2D eigenvalue weighted by Gasteiger charge is -2.20. The Bertz CT molecular complexity index is 1400. The molecular formula is C26H23N5O2S2. The van der Waals surface area contributed by atoms with Crippen LogP contribution in [0.3, 0.4) is 0 Å². The Labute approximate surface area is 212 Å². The second-order valence-electron chi connectivity index (χ2n) is 7.67. The van der Waals surface area contributed by atoms with Gasteiger partial charge in [-0.2, -0.15) is 5.26 Å². The molecule has 0 fully saturated rings. The summed E-state index contributed by atoms with van der Waals surface area (Å²) in [4.78, 5) is 22.9. The van der Waals surface area contributed by atoms with Crippen molar-refractivity contribution in [3.8, 4) is 6.19 Å². The number of carbonyl (C=O) groups is 1. The van der Waals surface area contributed by atoms with Gasteiger partial charge in [0.1, 0.15) is 10.4 Å². The van der Waals surface area contributed by atoms with E-state index in [4.69, 9.17) is 0 Å². The van der Waals surface area contributed by atoms with Crippen LogP contribution in [0.25, 0.3) is 10.2 Å². The molecule has 0 aliphatic carbocycles. The topological polar surface area (TPSA) is 102 Å². The molecule has 0 radical (unpaired) electrons. The third kappa shape index (κ3) is 5.69. The first-order valence-corrected chi connectivity index (χ1v) is 12.2. The van der Waals surface area contributed by atoms with E-state index < -0.39 is 6.10 Å². The summed E-state index contributed by atoms with van der Waals surface area (Å²) in [5.74, 6) is 0.00737. The Balaban J connectivity index is 1.56. The maximum absolute atomic E-state index is 12.6. The van der Waals surface area contributed by atoms with Crippen LogP contribution in [0.5, 0.6) is 0 Å². The normalized spacial score (nSPS) is 12.2. The fraction of sp³-hybridized carbons (Fsp3) is 0.154. The molecule has 1 heterocycles. The number of aliphatic imine (C=N–C) groups is 1. The highest BCUT2D eigenvalue weighted by molar-refractivity contribution is 7.82. The SMILES string of the molecule is CCCN=C(Nc1ccc(C(O)C(=O)c2ccccc2)cc1)N(C#N)c1ccc2nc(S)sc2c1. The van der Waals surface area contributed by atoms with E-state index in [0.29, 0.717) is 39.3 Å². The Morgan fingerprint density at radius 2 is 1.94 bits per heavy atom. The van der Waals surface area contributed by atoms with Crippen LogP contribution in [0, 0.1) is 11.5 Å². The van der Waals surface area contributed by atoms with Gasteiger partial charge in [0, 0.05) is 17.8 Å². The molecule has 1 atom stereocenters. The molecule has 0 saturated heterocycles. The lowest BCUT2D eigenvalue weighted by molar-refractivity contribution is 0.0747. The molecule has 0 bridgehead atoms. The minimum atomic E-state index is -1.27. The van der Waals surface area contributed by atoms with Gasteiger partial charge in [-0.15, -0.1) is 24.0 Å². The summed E-state index contributed by atoms with van der Waals surface area (Å²) in [6.07, 6.45) is 1.75. The zero-order chi connectivity index (χ0) is 24.8. The van der Waals surface area contributed by atoms with Gasteiger partial charge in [-0.25, -0.2) is 9.88 Å². The number of ketones is 1. The number of hydrogen-bond donors (Lipinski definition) is 3. The molecule has 1 unspecified atom stereocenters. The number of guanidine groups is 1. The zero-order valence-electron chi connectivity index (χ0n) is 18.9. The van der Waals surface area contributed by atoms with Gasteiger partial charge in [0.25, 0.3) is 0 Å². The minimum absolute atomic E-state index is 0.366. The zero-order valence-corrected chi connectivity index (χ0v) is 20.6. The summed E-state index contributed by atoms with van der Waals surface area (Å²) in [5.41, 5.74) is 3.07. The Hall–Kier alpha value is -3.71. The number of nitriles is 1. The number of aliphatic hydroxyl groups is 1. The first-order chi connectivity index (χ1) is 17.0. The maximum atomic E-state index is 12.6. The fourth-order valence-electron chi connectivity index (χ4n) is 3.44. The van der Waals surface area contributed by atoms with Crippen molar-refractivity contribution in [2.75, 3.05) is 16.8 Å². The summed E-state index contributed by atoms with van der Waals surface area (Å²) < 4.78 is 1.58. The Kier molecular flexibility index (Phi) is 7.77. The number of rotatable bonds is 7. The van der Waals surface area contributed by atoms with Crippen LogP contribution in [0.15, 0.2) is 82.1 Å². The molecule has 3 aromatic carbocycles. The van der Waals surface area contributed by atoms with E-state index in [1.54, 1.807) is 48.5 Å². The molecule has 2 N–H and O–H groups in total. The number of aliphatic hydroxyl groups excluding tert-OH is 1. The second kappa shape index (κ2) is 11.1. The number of hydrogen-bond acceptors (Lipinski definition) is 7. The molecule has 35 heavy (non-hydrogen) atoms. The van der Waals surface area contributed by atoms with Gasteiger partial charge in [0.05, 0.1) is 15.9 Å². The number of anilines is 2. The molecule has 0 spiro atoms. The number of fused-ring (bicyclic) bond motifs is 1. The van der Waals surface area contributed by atoms with E-state index in [1.165, 1.54) is 16.2 Å². The molecule has 7 nitrogen and oxygen atoms in total. The van der Waals surface area contributed by atoms with Gasteiger partial charge in [-0.1, -0.05) is 49.4 Å². The van der Waals surface area contributed by atoms with Crippen LogP contribution in [0.2, 0.25) is 0 Å². The molecule has 0 aliphatic rings. The number of aromatic nitrogens is 1. The van der Waals surface area contributed by atoms with Crippen LogP contribution in [0.1, 0.15) is 35.4 Å². The van der Waals surface area contributed by atoms with Crippen molar-refractivity contribution in [2.24, 2.45) is 4.99 Å². The number of benzene rings is 3. The average molecular weight is 502 g/mol. The summed E-state index contributed by atoms with van der Waals surface area (Å²) >= 11 is 5.75. The van der Waals surface area contributed by atoms with Gasteiger partial charge in [0.15, 0.2) is 12.0 Å². The van der Waals surface area contributed by atoms with Gasteiger partial charge >= 0.3 is 0 Å². The monoisotopic (exact) mass is 501 g/mol. The third-order valence-electron chi connectivity index (χ3n) is 5.21. The van der Waals surface area contributed by atoms with Crippen LogP contribution in [-0.2, 0) is 0 Å². The molecular weight excluding hydrogens is 478 g/mol. The largest absolute Gasteiger partial charge is 0.380 e. The molecule has 0 aliphatic heterocycles. The molecule has 4 aromatic rings. The lowest BCUT2D eigenvalue weighted by atomic mass is 10.00. The maximum Gasteiger partial charge on any atom is 0.216 e. The number of thiol groups is 1. The average Bonchev–Trinajstić information content (AvgIpc) is 3.27. The summed E-state index contributed by atoms with van der Waals surface area (Å²) in [6.45, 7) is 2.54. The van der Waals surface area contributed by atoms with Crippen LogP contribution in [-0.4, -0.2) is 28.4 Å². The van der Waals surface area contributed by atoms with Crippen LogP contribution >= 0.6 is 24.0 Å². The molecule has 1 aromatic heterocycles. The second-order valence-corrected chi connectivity index (χ2v) is 9.43. The van der Waals surface area contributed by atoms with E-state index in [2.05, 4.69) is 34.1 Å². The predicted molar refractivity (Wildman–Crippen MR) is 143 cm³/mol. The van der Waals surface area contributed by atoms with Crippen molar-refractivity contribution in [2.45, 2.75) is 23.8 Å². The lowest BCUT2D eigenvalue weighted by Crippen LogP contribution is -2.33. The highest BCUT2D eigenvalue weighted by Crippen LogP contribution is 2.29. The van der Waals surface area contributed by atoms with Crippen molar-refractivity contribution in [1.29, 1.82) is 5.26 Å². The van der Waals surface area contributed by atoms with Crippen molar-refractivity contribution in [3.63, 3.8) is 0 Å². The van der Waals surface area contributed by atoms with Gasteiger partial charge < -0.3 is 10.4 Å². The van der Waals surface area contributed by atoms with Gasteiger partial charge in [-0.05, 0) is 42.3 Å². The number of nitrogens with one attached hydrogen (secondary N) is 1. The third-order valence-corrected chi connectivity index (χ3v) is 6.40. The van der Waals surface area contributed by atoms with Crippen molar-refractivity contribution < 1.29 is 9.90 Å². The first kappa shape index (κ1) is 24.4. The Morgan fingerprint density at radius 1 is 1.20 bits per heavy atom. The van der Waals surface area contributed by atoms with E-state index in [9.17, 15) is 15.2 Å². The Morgan fingerprint density at radius 3 is 2.63 bits per heavy atom. The molecule has 9 heteroatoms. The standard InChI is InChI=1S/C26H23N5O2S2/c1-2-14-28-25(31(16-27)20-12-13-21-22(15-20)35-26(34)30-21)29-19-10-8-18(9-11-19)24(33)23(32)17-6-4-3-5-7-17/h3-13,15,24,33H,2,14H2,1H3,(H,28,29)(H,30,34). The molecule has 0 saturated carbocycles. The van der Waals surface area contributed by atoms with Crippen molar-refractivity contribution in [1.82, 2.24) is 4.98 Å². The van der Waals surface area contributed by atoms with E-state index in [0.717, 1.165) is 16.6 Å². The highest BCUT2D eigenvalue weighted by atomic mass is 32.2. The molecule has 0 amide bonds. The van der Waals surface area contributed by atoms with Crippen molar-refractivity contribution in [3.05, 3.63) is 83.9 Å². The highest BCUT2D eigenvalue weighted by Gasteiger charge is 2.20. The number of Topliss-reactive ketones (excluding diaryl/α,β-unsaturated/α-hetero) is 1. The number of nitrogens with zero attached hydrogens (tertiary/aromatic N) is 4. The van der Waals surface area contributed by atoms with E-state index >= 15 is 0 Å². The van der Waals surface area contributed by atoms with Gasteiger partial charge in [-0.3, -0.25) is 9.79 Å². The number of carbonyl (C=O) groups excluding carboxylic acids is 1. The summed E-state index contributed by atoms with van der Waals surface area (Å²) in [7, 11) is 0. The van der Waals surface area contributed by atoms with Crippen LogP contribution in [0.4, 0.5) is 11.4 Å². The van der Waals surface area contributed by atoms with E-state index in [-0.39, 0.29) is 5.78 Å². The first-order valence-electron chi connectivity index (χ1n) is 11.0. The molecule has 4 rings (SSSR count). The fourth-order valence-corrected chi connectivity index (χ4v) is 4.58. The smallest absolute Gasteiger partial charge is 0.216 e. The summed E-state index contributed by atoms with van der Waals surface area (Å²) in [6, 6.07) is 21.1. The molecule has 176 valence electrons. The van der Waals surface area contributed by atoms with Crippen LogP contribution < -0.4 is 10.2 Å². The quantitative estimate of drug-likeness (QED) is 0.0754. The van der Waals surface area contributed by atoms with Crippen molar-refractivity contribution >= 4 is 57.3 Å². The van der Waals surface area contributed by atoms with Gasteiger partial charge in [0.2, 0.25) is 5.96 Å². The number of thiazole rings is 1. The van der Waals surface area contributed by atoms with E-state index in [1.807, 2.05) is 31.2 Å². The minimum Gasteiger partial charge on any atom is -0.380 e.